The molecule has 0 saturated heterocycles. The van der Waals surface area contributed by atoms with Crippen LogP contribution < -0.4 is 24.8 Å². The number of nitrogens with zero attached hydrogens (tertiary/aromatic N) is 2. The molecule has 3 aromatic rings. The molecular weight excluding hydrogens is 364 g/mol. The number of carbonyl (C=O) groups excluding carboxylic acids is 1. The highest BCUT2D eigenvalue weighted by Gasteiger charge is 2.16. The number of anilines is 2. The maximum atomic E-state index is 12.5. The molecule has 1 aromatic carbocycles. The van der Waals surface area contributed by atoms with E-state index in [0.29, 0.717) is 35.3 Å². The second kappa shape index (κ2) is 8.76. The zero-order valence-electron chi connectivity index (χ0n) is 15.7. The van der Waals surface area contributed by atoms with E-state index in [-0.39, 0.29) is 5.69 Å². The van der Waals surface area contributed by atoms with E-state index in [0.717, 1.165) is 5.76 Å². The number of benzene rings is 1. The zero-order chi connectivity index (χ0) is 19.9. The highest BCUT2D eigenvalue weighted by atomic mass is 16.5. The number of aromatic nitrogens is 2. The number of nitrogens with one attached hydrogen (secondary N) is 2. The summed E-state index contributed by atoms with van der Waals surface area (Å²) < 4.78 is 21.1. The molecule has 2 N–H and O–H groups in total. The lowest BCUT2D eigenvalue weighted by molar-refractivity contribution is 0.102. The molecule has 0 spiro atoms. The second-order valence-corrected chi connectivity index (χ2v) is 5.60. The molecule has 0 aliphatic rings. The monoisotopic (exact) mass is 384 g/mol. The number of carbonyl (C=O) groups is 1. The topological polar surface area (TPSA) is 108 Å². The van der Waals surface area contributed by atoms with Crippen LogP contribution in [0.15, 0.2) is 47.1 Å². The Morgan fingerprint density at radius 1 is 1.04 bits per heavy atom. The van der Waals surface area contributed by atoms with Crippen LogP contribution in [0.3, 0.4) is 0 Å². The summed E-state index contributed by atoms with van der Waals surface area (Å²) in [6.45, 7) is 0.471. The van der Waals surface area contributed by atoms with Crippen molar-refractivity contribution in [3.05, 3.63) is 54.1 Å². The summed E-state index contributed by atoms with van der Waals surface area (Å²) in [5.41, 5.74) is 0.638. The molecule has 1 amide bonds. The van der Waals surface area contributed by atoms with Crippen LogP contribution in [0.4, 0.5) is 11.5 Å². The lowest BCUT2D eigenvalue weighted by Crippen LogP contribution is -2.15. The second-order valence-electron chi connectivity index (χ2n) is 5.60. The molecule has 2 aromatic heterocycles. The fourth-order valence-corrected chi connectivity index (χ4v) is 2.49. The highest BCUT2D eigenvalue weighted by molar-refractivity contribution is 6.03. The molecule has 0 atom stereocenters. The minimum Gasteiger partial charge on any atom is -0.493 e. The van der Waals surface area contributed by atoms with Crippen LogP contribution in [-0.2, 0) is 6.54 Å². The van der Waals surface area contributed by atoms with Gasteiger partial charge in [-0.05, 0) is 24.3 Å². The molecule has 9 heteroatoms. The van der Waals surface area contributed by atoms with Crippen molar-refractivity contribution in [2.75, 3.05) is 32.0 Å². The fourth-order valence-electron chi connectivity index (χ4n) is 2.49. The summed E-state index contributed by atoms with van der Waals surface area (Å²) in [6, 6.07) is 10.2. The zero-order valence-corrected chi connectivity index (χ0v) is 15.7. The van der Waals surface area contributed by atoms with Crippen molar-refractivity contribution in [1.82, 2.24) is 10.2 Å². The van der Waals surface area contributed by atoms with Gasteiger partial charge >= 0.3 is 0 Å². The van der Waals surface area contributed by atoms with Crippen LogP contribution in [0.25, 0.3) is 0 Å². The van der Waals surface area contributed by atoms with Crippen molar-refractivity contribution >= 4 is 17.4 Å². The molecule has 2 heterocycles. The van der Waals surface area contributed by atoms with Crippen LogP contribution in [0.2, 0.25) is 0 Å². The molecule has 0 aliphatic heterocycles. The lowest BCUT2D eigenvalue weighted by Gasteiger charge is -2.14. The van der Waals surface area contributed by atoms with Crippen molar-refractivity contribution < 1.29 is 23.4 Å². The highest BCUT2D eigenvalue weighted by Crippen LogP contribution is 2.39. The number of furan rings is 1. The Labute approximate surface area is 161 Å². The first-order valence-corrected chi connectivity index (χ1v) is 8.36. The van der Waals surface area contributed by atoms with Crippen molar-refractivity contribution in [3.63, 3.8) is 0 Å². The van der Waals surface area contributed by atoms with E-state index in [4.69, 9.17) is 18.6 Å². The number of hydrogen-bond donors (Lipinski definition) is 2. The number of rotatable bonds is 8. The van der Waals surface area contributed by atoms with Crippen LogP contribution in [0.5, 0.6) is 17.2 Å². The van der Waals surface area contributed by atoms with Crippen molar-refractivity contribution in [2.24, 2.45) is 0 Å². The molecule has 0 unspecified atom stereocenters. The summed E-state index contributed by atoms with van der Waals surface area (Å²) >= 11 is 0. The predicted molar refractivity (Wildman–Crippen MR) is 102 cm³/mol. The third kappa shape index (κ3) is 4.32. The fraction of sp³-hybridized carbons (Fsp3) is 0.211. The summed E-state index contributed by atoms with van der Waals surface area (Å²) in [6.07, 6.45) is 1.60. The van der Waals surface area contributed by atoms with Crippen LogP contribution in [0.1, 0.15) is 16.2 Å². The van der Waals surface area contributed by atoms with E-state index < -0.39 is 5.91 Å². The van der Waals surface area contributed by atoms with Gasteiger partial charge in [0.05, 0.1) is 34.1 Å². The molecule has 3 rings (SSSR count). The van der Waals surface area contributed by atoms with E-state index in [9.17, 15) is 4.79 Å². The van der Waals surface area contributed by atoms with Gasteiger partial charge < -0.3 is 29.3 Å². The third-order valence-electron chi connectivity index (χ3n) is 3.84. The van der Waals surface area contributed by atoms with Crippen molar-refractivity contribution in [3.8, 4) is 17.2 Å². The van der Waals surface area contributed by atoms with Gasteiger partial charge in [-0.15, -0.1) is 10.2 Å². The molecule has 146 valence electrons. The van der Waals surface area contributed by atoms with Crippen molar-refractivity contribution in [2.45, 2.75) is 6.54 Å². The Hall–Kier alpha value is -3.75. The molecule has 0 fully saturated rings. The SMILES string of the molecule is COc1cc(NC(=O)c2ccc(NCc3ccco3)nn2)cc(OC)c1OC. The van der Waals surface area contributed by atoms with Gasteiger partial charge in [-0.25, -0.2) is 0 Å². The normalized spacial score (nSPS) is 10.2. The minimum atomic E-state index is -0.417. The van der Waals surface area contributed by atoms with Crippen LogP contribution >= 0.6 is 0 Å². The van der Waals surface area contributed by atoms with Gasteiger partial charge in [-0.2, -0.15) is 0 Å². The first-order valence-electron chi connectivity index (χ1n) is 8.36. The van der Waals surface area contributed by atoms with Crippen molar-refractivity contribution in [1.29, 1.82) is 0 Å². The van der Waals surface area contributed by atoms with Gasteiger partial charge in [0.1, 0.15) is 11.6 Å². The molecule has 0 bridgehead atoms. The summed E-state index contributed by atoms with van der Waals surface area (Å²) in [4.78, 5) is 12.5. The minimum absolute atomic E-state index is 0.164. The first-order chi connectivity index (χ1) is 13.6. The lowest BCUT2D eigenvalue weighted by atomic mass is 10.2. The average Bonchev–Trinajstić information content (AvgIpc) is 3.25. The van der Waals surface area contributed by atoms with Crippen LogP contribution in [0, 0.1) is 0 Å². The average molecular weight is 384 g/mol. The van der Waals surface area contributed by atoms with Gasteiger partial charge in [-0.3, -0.25) is 4.79 Å². The third-order valence-corrected chi connectivity index (χ3v) is 3.84. The Kier molecular flexibility index (Phi) is 5.95. The van der Waals surface area contributed by atoms with E-state index in [2.05, 4.69) is 20.8 Å². The first kappa shape index (κ1) is 19.0. The maximum absolute atomic E-state index is 12.5. The standard InChI is InChI=1S/C19H20N4O5/c1-25-15-9-12(10-16(26-2)18(15)27-3)21-19(24)14-6-7-17(23-22-14)20-11-13-5-4-8-28-13/h4-10H,11H2,1-3H3,(H,20,23)(H,21,24). The Morgan fingerprint density at radius 3 is 2.32 bits per heavy atom. The number of ether oxygens (including phenoxy) is 3. The largest absolute Gasteiger partial charge is 0.493 e. The molecular formula is C19H20N4O5. The van der Waals surface area contributed by atoms with E-state index >= 15 is 0 Å². The summed E-state index contributed by atoms with van der Waals surface area (Å²) in [7, 11) is 4.52. The molecule has 0 saturated carbocycles. The quantitative estimate of drug-likeness (QED) is 0.610. The van der Waals surface area contributed by atoms with Gasteiger partial charge in [0.15, 0.2) is 17.2 Å². The number of methoxy groups -OCH3 is 3. The molecule has 0 aliphatic carbocycles. The summed E-state index contributed by atoms with van der Waals surface area (Å²) in [5, 5.41) is 13.8. The molecule has 0 radical (unpaired) electrons. The maximum Gasteiger partial charge on any atom is 0.276 e. The van der Waals surface area contributed by atoms with Gasteiger partial charge in [0.25, 0.3) is 5.91 Å². The van der Waals surface area contributed by atoms with Crippen LogP contribution in [-0.4, -0.2) is 37.4 Å². The number of amides is 1. The molecule has 9 nitrogen and oxygen atoms in total. The number of hydrogen-bond acceptors (Lipinski definition) is 8. The van der Waals surface area contributed by atoms with E-state index in [1.807, 2.05) is 6.07 Å². The predicted octanol–water partition coefficient (Wildman–Crippen LogP) is 2.96. The van der Waals surface area contributed by atoms with E-state index in [1.165, 1.54) is 21.3 Å². The van der Waals surface area contributed by atoms with E-state index in [1.54, 1.807) is 36.6 Å². The molecule has 28 heavy (non-hydrogen) atoms. The van der Waals surface area contributed by atoms with Gasteiger partial charge in [0.2, 0.25) is 5.75 Å². The van der Waals surface area contributed by atoms with Gasteiger partial charge in [0, 0.05) is 17.8 Å². The Bertz CT molecular complexity index is 901. The summed E-state index contributed by atoms with van der Waals surface area (Å²) in [5.74, 6) is 2.18. The van der Waals surface area contributed by atoms with Gasteiger partial charge in [-0.1, -0.05) is 0 Å². The Balaban J connectivity index is 1.69. The Morgan fingerprint density at radius 2 is 1.79 bits per heavy atom. The smallest absolute Gasteiger partial charge is 0.276 e.